The van der Waals surface area contributed by atoms with Gasteiger partial charge in [-0.15, -0.1) is 0 Å². The number of primary amides is 1. The number of nitrogens with one attached hydrogen (secondary N) is 2. The first-order valence-corrected chi connectivity index (χ1v) is 9.56. The Kier molecular flexibility index (Phi) is 7.05. The number of hydrogen-bond acceptors (Lipinski definition) is 4. The van der Waals surface area contributed by atoms with Gasteiger partial charge in [-0.05, 0) is 23.3 Å². The van der Waals surface area contributed by atoms with Crippen LogP contribution in [0.5, 0.6) is 5.75 Å². The molecule has 30 heavy (non-hydrogen) atoms. The summed E-state index contributed by atoms with van der Waals surface area (Å²) >= 11 is 0. The van der Waals surface area contributed by atoms with Crippen LogP contribution in [0.1, 0.15) is 11.4 Å². The summed E-state index contributed by atoms with van der Waals surface area (Å²) in [6.07, 6.45) is 1.84. The molecule has 0 atom stereocenters. The molecule has 0 aliphatic rings. The van der Waals surface area contributed by atoms with Crippen LogP contribution in [0.15, 0.2) is 65.8 Å². The fourth-order valence-corrected chi connectivity index (χ4v) is 2.97. The van der Waals surface area contributed by atoms with Crippen LogP contribution in [0.3, 0.4) is 0 Å². The Hall–Kier alpha value is -3.81. The van der Waals surface area contributed by atoms with Crippen molar-refractivity contribution in [3.05, 3.63) is 72.2 Å². The van der Waals surface area contributed by atoms with Crippen molar-refractivity contribution in [1.82, 2.24) is 20.2 Å². The summed E-state index contributed by atoms with van der Waals surface area (Å²) in [5.41, 5.74) is 8.20. The van der Waals surface area contributed by atoms with Crippen molar-refractivity contribution in [3.8, 4) is 17.0 Å². The molecular weight excluding hydrogens is 380 g/mol. The maximum Gasteiger partial charge on any atom is 0.255 e. The second kappa shape index (κ2) is 10.1. The van der Waals surface area contributed by atoms with Crippen molar-refractivity contribution in [2.24, 2.45) is 10.7 Å². The van der Waals surface area contributed by atoms with Gasteiger partial charge in [0.05, 0.1) is 18.4 Å². The smallest absolute Gasteiger partial charge is 0.255 e. The molecule has 3 rings (SSSR count). The number of rotatable bonds is 8. The monoisotopic (exact) mass is 406 g/mol. The van der Waals surface area contributed by atoms with Gasteiger partial charge in [0.1, 0.15) is 11.6 Å². The number of guanidine groups is 1. The molecule has 2 aromatic carbocycles. The Morgan fingerprint density at radius 1 is 1.23 bits per heavy atom. The zero-order chi connectivity index (χ0) is 21.3. The number of benzene rings is 2. The summed E-state index contributed by atoms with van der Waals surface area (Å²) in [7, 11) is 3.69. The summed E-state index contributed by atoms with van der Waals surface area (Å²) in [6, 6.07) is 17.6. The molecule has 0 spiro atoms. The molecule has 4 N–H and O–H groups in total. The van der Waals surface area contributed by atoms with Crippen molar-refractivity contribution >= 4 is 11.9 Å². The molecule has 3 aromatic rings. The van der Waals surface area contributed by atoms with E-state index in [4.69, 9.17) is 10.5 Å². The molecule has 0 saturated heterocycles. The minimum absolute atomic E-state index is 0.143. The Morgan fingerprint density at radius 2 is 2.03 bits per heavy atom. The fraction of sp³-hybridized carbons (Fsp3) is 0.227. The van der Waals surface area contributed by atoms with Crippen LogP contribution in [-0.4, -0.2) is 47.4 Å². The van der Waals surface area contributed by atoms with Gasteiger partial charge in [0.15, 0.2) is 12.6 Å². The van der Waals surface area contributed by atoms with E-state index < -0.39 is 5.91 Å². The van der Waals surface area contributed by atoms with E-state index in [1.165, 1.54) is 0 Å². The number of ether oxygens (including phenoxy) is 1. The van der Waals surface area contributed by atoms with Gasteiger partial charge in [0.25, 0.3) is 5.91 Å². The Morgan fingerprint density at radius 3 is 2.77 bits per heavy atom. The zero-order valence-corrected chi connectivity index (χ0v) is 17.1. The number of aromatic amines is 1. The van der Waals surface area contributed by atoms with Crippen molar-refractivity contribution in [1.29, 1.82) is 0 Å². The van der Waals surface area contributed by atoms with Crippen LogP contribution in [0.25, 0.3) is 11.3 Å². The largest absolute Gasteiger partial charge is 0.484 e. The van der Waals surface area contributed by atoms with E-state index in [9.17, 15) is 4.79 Å². The fourth-order valence-electron chi connectivity index (χ4n) is 2.97. The van der Waals surface area contributed by atoms with Gasteiger partial charge >= 0.3 is 0 Å². The number of H-pyrrole nitrogens is 1. The van der Waals surface area contributed by atoms with Gasteiger partial charge in [0, 0.05) is 20.6 Å². The lowest BCUT2D eigenvalue weighted by Gasteiger charge is -2.21. The van der Waals surface area contributed by atoms with E-state index in [2.05, 4.69) is 20.3 Å². The summed E-state index contributed by atoms with van der Waals surface area (Å²) in [5, 5.41) is 3.32. The van der Waals surface area contributed by atoms with Gasteiger partial charge in [-0.3, -0.25) is 9.79 Å². The predicted molar refractivity (Wildman–Crippen MR) is 117 cm³/mol. The van der Waals surface area contributed by atoms with E-state index in [0.717, 1.165) is 28.6 Å². The number of aliphatic imine (C=N–C) groups is 1. The molecule has 8 nitrogen and oxygen atoms in total. The van der Waals surface area contributed by atoms with E-state index in [-0.39, 0.29) is 6.61 Å². The third kappa shape index (κ3) is 5.84. The van der Waals surface area contributed by atoms with Gasteiger partial charge in [0.2, 0.25) is 0 Å². The lowest BCUT2D eigenvalue weighted by molar-refractivity contribution is -0.119. The third-order valence-electron chi connectivity index (χ3n) is 4.40. The SMILES string of the molecule is CN=C(NCc1cccc(OCC(N)=O)c1)N(C)Cc1ncc(-c2ccccc2)[nH]1. The van der Waals surface area contributed by atoms with Crippen molar-refractivity contribution < 1.29 is 9.53 Å². The lowest BCUT2D eigenvalue weighted by atomic mass is 10.2. The molecule has 0 unspecified atom stereocenters. The molecule has 0 saturated carbocycles. The van der Waals surface area contributed by atoms with Gasteiger partial charge < -0.3 is 25.7 Å². The Balaban J connectivity index is 1.57. The number of hydrogen-bond donors (Lipinski definition) is 3. The molecule has 0 bridgehead atoms. The molecule has 156 valence electrons. The molecular formula is C22H26N6O2. The van der Waals surface area contributed by atoms with E-state index in [1.54, 1.807) is 13.1 Å². The molecule has 0 aliphatic heterocycles. The molecule has 1 heterocycles. The average molecular weight is 406 g/mol. The van der Waals surface area contributed by atoms with Crippen LogP contribution in [0, 0.1) is 0 Å². The first kappa shape index (κ1) is 20.9. The van der Waals surface area contributed by atoms with Gasteiger partial charge in [-0.2, -0.15) is 0 Å². The topological polar surface area (TPSA) is 109 Å². The van der Waals surface area contributed by atoms with Crippen molar-refractivity contribution in [3.63, 3.8) is 0 Å². The highest BCUT2D eigenvalue weighted by atomic mass is 16.5. The normalized spacial score (nSPS) is 11.2. The summed E-state index contributed by atoms with van der Waals surface area (Å²) in [4.78, 5) is 25.0. The van der Waals surface area contributed by atoms with Gasteiger partial charge in [-0.1, -0.05) is 42.5 Å². The molecule has 0 fully saturated rings. The quantitative estimate of drug-likeness (QED) is 0.392. The minimum atomic E-state index is -0.506. The standard InChI is InChI=1S/C22H26N6O2/c1-24-22(26-12-16-7-6-10-18(11-16)30-15-20(23)29)28(2)14-21-25-13-19(27-21)17-8-4-3-5-9-17/h3-11,13H,12,14-15H2,1-2H3,(H2,23,29)(H,24,26)(H,25,27). The molecule has 0 aliphatic carbocycles. The first-order valence-electron chi connectivity index (χ1n) is 9.56. The third-order valence-corrected chi connectivity index (χ3v) is 4.40. The number of nitrogens with two attached hydrogens (primary N) is 1. The van der Waals surface area contributed by atoms with E-state index >= 15 is 0 Å². The van der Waals surface area contributed by atoms with E-state index in [1.807, 2.05) is 66.7 Å². The zero-order valence-electron chi connectivity index (χ0n) is 17.1. The van der Waals surface area contributed by atoms with Crippen LogP contribution < -0.4 is 15.8 Å². The number of aromatic nitrogens is 2. The predicted octanol–water partition coefficient (Wildman–Crippen LogP) is 2.15. The average Bonchev–Trinajstić information content (AvgIpc) is 3.22. The molecule has 8 heteroatoms. The Bertz CT molecular complexity index is 1000. The number of nitrogens with zero attached hydrogens (tertiary/aromatic N) is 3. The first-order chi connectivity index (χ1) is 14.5. The number of carbonyl (C=O) groups is 1. The maximum atomic E-state index is 10.9. The van der Waals surface area contributed by atoms with Crippen LogP contribution in [-0.2, 0) is 17.9 Å². The lowest BCUT2D eigenvalue weighted by Crippen LogP contribution is -2.38. The summed E-state index contributed by atoms with van der Waals surface area (Å²) in [6.45, 7) is 0.988. The maximum absolute atomic E-state index is 10.9. The van der Waals surface area contributed by atoms with Crippen LogP contribution in [0.2, 0.25) is 0 Å². The van der Waals surface area contributed by atoms with Gasteiger partial charge in [-0.25, -0.2) is 4.98 Å². The molecule has 0 radical (unpaired) electrons. The molecule has 1 amide bonds. The number of carbonyl (C=O) groups excluding carboxylic acids is 1. The highest BCUT2D eigenvalue weighted by Gasteiger charge is 2.10. The summed E-state index contributed by atoms with van der Waals surface area (Å²) in [5.74, 6) is 1.67. The molecule has 1 aromatic heterocycles. The number of amides is 1. The highest BCUT2D eigenvalue weighted by Crippen LogP contribution is 2.17. The van der Waals surface area contributed by atoms with Crippen LogP contribution >= 0.6 is 0 Å². The highest BCUT2D eigenvalue weighted by molar-refractivity contribution is 5.79. The summed E-state index contributed by atoms with van der Waals surface area (Å²) < 4.78 is 5.35. The van der Waals surface area contributed by atoms with Crippen molar-refractivity contribution in [2.75, 3.05) is 20.7 Å². The number of imidazole rings is 1. The minimum Gasteiger partial charge on any atom is -0.484 e. The Labute approximate surface area is 175 Å². The van der Waals surface area contributed by atoms with Crippen molar-refractivity contribution in [2.45, 2.75) is 13.1 Å². The second-order valence-electron chi connectivity index (χ2n) is 6.77. The van der Waals surface area contributed by atoms with Crippen LogP contribution in [0.4, 0.5) is 0 Å². The van der Waals surface area contributed by atoms with E-state index in [0.29, 0.717) is 18.8 Å². The second-order valence-corrected chi connectivity index (χ2v) is 6.77.